The van der Waals surface area contributed by atoms with E-state index in [9.17, 15) is 4.39 Å². The highest BCUT2D eigenvalue weighted by Crippen LogP contribution is 2.39. The van der Waals surface area contributed by atoms with E-state index in [1.54, 1.807) is 19.1 Å². The summed E-state index contributed by atoms with van der Waals surface area (Å²) in [7, 11) is 0. The zero-order valence-corrected chi connectivity index (χ0v) is 16.5. The Bertz CT molecular complexity index is 970. The molecule has 0 saturated heterocycles. The van der Waals surface area contributed by atoms with Gasteiger partial charge in [-0.15, -0.1) is 0 Å². The van der Waals surface area contributed by atoms with Crippen molar-refractivity contribution in [2.24, 2.45) is 0 Å². The van der Waals surface area contributed by atoms with E-state index in [0.29, 0.717) is 39.5 Å². The Morgan fingerprint density at radius 1 is 1.19 bits per heavy atom. The van der Waals surface area contributed by atoms with Crippen LogP contribution in [0, 0.1) is 12.7 Å². The summed E-state index contributed by atoms with van der Waals surface area (Å²) in [5, 5.41) is 13.5. The monoisotopic (exact) mass is 431 g/mol. The van der Waals surface area contributed by atoms with Gasteiger partial charge in [-0.05, 0) is 38.8 Å². The van der Waals surface area contributed by atoms with Crippen molar-refractivity contribution in [3.05, 3.63) is 51.6 Å². The van der Waals surface area contributed by atoms with Crippen LogP contribution >= 0.6 is 15.9 Å². The molecular weight excluding hydrogens is 413 g/mol. The number of rotatable bonds is 6. The summed E-state index contributed by atoms with van der Waals surface area (Å²) < 4.78 is 14.9. The molecule has 4 rings (SSSR count). The van der Waals surface area contributed by atoms with E-state index in [-0.39, 0.29) is 11.9 Å². The summed E-state index contributed by atoms with van der Waals surface area (Å²) in [6.45, 7) is 3.64. The Hall–Kier alpha value is -2.55. The summed E-state index contributed by atoms with van der Waals surface area (Å²) in [5.41, 5.74) is 1.66. The van der Waals surface area contributed by atoms with Crippen LogP contribution in [-0.4, -0.2) is 25.1 Å². The van der Waals surface area contributed by atoms with Gasteiger partial charge in [0, 0.05) is 27.7 Å². The van der Waals surface area contributed by atoms with E-state index in [2.05, 4.69) is 51.7 Å². The minimum Gasteiger partial charge on any atom is -0.347 e. The maximum atomic E-state index is 14.2. The largest absolute Gasteiger partial charge is 0.347 e. The number of aromatic amines is 1. The van der Waals surface area contributed by atoms with Crippen molar-refractivity contribution in [3.63, 3.8) is 0 Å². The van der Waals surface area contributed by atoms with Crippen molar-refractivity contribution in [1.29, 1.82) is 0 Å². The number of aryl methyl sites for hydroxylation is 1. The van der Waals surface area contributed by atoms with Gasteiger partial charge in [0.15, 0.2) is 5.82 Å². The van der Waals surface area contributed by atoms with Crippen LogP contribution in [0.5, 0.6) is 0 Å². The second-order valence-corrected chi connectivity index (χ2v) is 7.59. The Balaban J connectivity index is 1.50. The zero-order valence-electron chi connectivity index (χ0n) is 14.9. The summed E-state index contributed by atoms with van der Waals surface area (Å²) in [6, 6.07) is 6.64. The lowest BCUT2D eigenvalue weighted by Crippen LogP contribution is -2.13. The quantitative estimate of drug-likeness (QED) is 0.528. The van der Waals surface area contributed by atoms with E-state index in [0.717, 1.165) is 5.69 Å². The van der Waals surface area contributed by atoms with Gasteiger partial charge in [0.05, 0.1) is 6.04 Å². The summed E-state index contributed by atoms with van der Waals surface area (Å²) in [6.07, 6.45) is 2.40. The number of nitrogens with one attached hydrogen (secondary N) is 3. The zero-order chi connectivity index (χ0) is 19.0. The molecule has 1 saturated carbocycles. The Morgan fingerprint density at radius 3 is 2.70 bits per heavy atom. The van der Waals surface area contributed by atoms with Crippen molar-refractivity contribution in [3.8, 4) is 0 Å². The van der Waals surface area contributed by atoms with Crippen LogP contribution in [0.3, 0.4) is 0 Å². The molecule has 3 aromatic rings. The van der Waals surface area contributed by atoms with Crippen LogP contribution in [0.25, 0.3) is 0 Å². The Kier molecular flexibility index (Phi) is 4.77. The molecule has 0 radical (unpaired) electrons. The number of hydrogen-bond donors (Lipinski definition) is 3. The van der Waals surface area contributed by atoms with Crippen LogP contribution in [0.2, 0.25) is 0 Å². The third-order valence-electron chi connectivity index (χ3n) is 4.38. The third-order valence-corrected chi connectivity index (χ3v) is 4.87. The predicted molar refractivity (Wildman–Crippen MR) is 105 cm³/mol. The van der Waals surface area contributed by atoms with Crippen LogP contribution in [0.1, 0.15) is 48.8 Å². The minimum atomic E-state index is -0.306. The molecule has 2 heterocycles. The van der Waals surface area contributed by atoms with E-state index in [1.165, 1.54) is 18.9 Å². The van der Waals surface area contributed by atoms with Gasteiger partial charge in [0.2, 0.25) is 11.9 Å². The number of benzene rings is 1. The molecular formula is C18H19BrFN7. The van der Waals surface area contributed by atoms with Gasteiger partial charge in [-0.1, -0.05) is 22.0 Å². The first-order valence-corrected chi connectivity index (χ1v) is 9.54. The molecule has 2 aromatic heterocycles. The average molecular weight is 432 g/mol. The van der Waals surface area contributed by atoms with Gasteiger partial charge < -0.3 is 10.6 Å². The second-order valence-electron chi connectivity index (χ2n) is 6.67. The molecule has 1 fully saturated rings. The number of nitrogens with zero attached hydrogens (tertiary/aromatic N) is 4. The van der Waals surface area contributed by atoms with Gasteiger partial charge >= 0.3 is 0 Å². The molecule has 0 amide bonds. The van der Waals surface area contributed by atoms with Gasteiger partial charge in [0.1, 0.15) is 11.6 Å². The maximum Gasteiger partial charge on any atom is 0.233 e. The molecule has 7 nitrogen and oxygen atoms in total. The summed E-state index contributed by atoms with van der Waals surface area (Å²) >= 11 is 3.27. The molecule has 1 aliphatic carbocycles. The topological polar surface area (TPSA) is 91.4 Å². The first-order chi connectivity index (χ1) is 13.0. The first-order valence-electron chi connectivity index (χ1n) is 8.74. The SMILES string of the molecule is Cc1nc(Nc2cc(C3CC3)[nH]n2)nc(NC(C)c2ccc(Br)cc2F)n1. The minimum absolute atomic E-state index is 0.294. The lowest BCUT2D eigenvalue weighted by Gasteiger charge is -2.16. The average Bonchev–Trinajstić information content (AvgIpc) is 3.34. The van der Waals surface area contributed by atoms with Gasteiger partial charge in [-0.3, -0.25) is 5.10 Å². The first kappa shape index (κ1) is 17.8. The van der Waals surface area contributed by atoms with E-state index >= 15 is 0 Å². The standard InChI is InChI=1S/C18H19BrFN7/c1-9(13-6-5-12(19)7-14(13)20)21-17-22-10(2)23-18(25-17)24-16-8-15(26-27-16)11-3-4-11/h5-9,11H,3-4H2,1-2H3,(H3,21,22,23,24,25,26,27). The molecule has 1 aromatic carbocycles. The molecule has 27 heavy (non-hydrogen) atoms. The maximum absolute atomic E-state index is 14.2. The fraction of sp³-hybridized carbons (Fsp3) is 0.333. The number of halogens is 2. The van der Waals surface area contributed by atoms with Crippen molar-refractivity contribution in [1.82, 2.24) is 25.1 Å². The molecule has 9 heteroatoms. The molecule has 1 atom stereocenters. The fourth-order valence-electron chi connectivity index (χ4n) is 2.85. The highest BCUT2D eigenvalue weighted by molar-refractivity contribution is 9.10. The van der Waals surface area contributed by atoms with Crippen LogP contribution in [0.15, 0.2) is 28.7 Å². The van der Waals surface area contributed by atoms with Crippen LogP contribution < -0.4 is 10.6 Å². The highest BCUT2D eigenvalue weighted by atomic mass is 79.9. The molecule has 3 N–H and O–H groups in total. The van der Waals surface area contributed by atoms with Gasteiger partial charge in [0.25, 0.3) is 0 Å². The van der Waals surface area contributed by atoms with Crippen molar-refractivity contribution in [2.45, 2.75) is 38.6 Å². The summed E-state index contributed by atoms with van der Waals surface area (Å²) in [5.74, 6) is 2.28. The molecule has 0 aliphatic heterocycles. The van der Waals surface area contributed by atoms with Crippen molar-refractivity contribution < 1.29 is 4.39 Å². The van der Waals surface area contributed by atoms with Crippen LogP contribution in [0.4, 0.5) is 22.1 Å². The highest BCUT2D eigenvalue weighted by Gasteiger charge is 2.25. The lowest BCUT2D eigenvalue weighted by molar-refractivity contribution is 0.598. The molecule has 1 aliphatic rings. The third kappa shape index (κ3) is 4.24. The van der Waals surface area contributed by atoms with E-state index < -0.39 is 0 Å². The Labute approximate surface area is 164 Å². The second kappa shape index (κ2) is 7.22. The molecule has 0 spiro atoms. The smallest absolute Gasteiger partial charge is 0.233 e. The number of aromatic nitrogens is 5. The Morgan fingerprint density at radius 2 is 1.96 bits per heavy atom. The lowest BCUT2D eigenvalue weighted by atomic mass is 10.1. The number of H-pyrrole nitrogens is 1. The molecule has 0 bridgehead atoms. The normalized spacial score (nSPS) is 14.8. The van der Waals surface area contributed by atoms with E-state index in [4.69, 9.17) is 0 Å². The number of anilines is 3. The van der Waals surface area contributed by atoms with Gasteiger partial charge in [-0.2, -0.15) is 20.1 Å². The molecule has 140 valence electrons. The van der Waals surface area contributed by atoms with Gasteiger partial charge in [-0.25, -0.2) is 4.39 Å². The predicted octanol–water partition coefficient (Wildman–Crippen LogP) is 4.60. The van der Waals surface area contributed by atoms with E-state index in [1.807, 2.05) is 13.0 Å². The van der Waals surface area contributed by atoms with Crippen LogP contribution in [-0.2, 0) is 0 Å². The number of hydrogen-bond acceptors (Lipinski definition) is 6. The summed E-state index contributed by atoms with van der Waals surface area (Å²) in [4.78, 5) is 13.0. The van der Waals surface area contributed by atoms with Crippen molar-refractivity contribution >= 4 is 33.6 Å². The molecule has 1 unspecified atom stereocenters. The fourth-order valence-corrected chi connectivity index (χ4v) is 3.18. The van der Waals surface area contributed by atoms with Crippen molar-refractivity contribution in [2.75, 3.05) is 10.6 Å².